The molecule has 0 aromatic heterocycles. The molecule has 2 heteroatoms. The molecule has 0 spiro atoms. The van der Waals surface area contributed by atoms with E-state index in [1.165, 1.54) is 32.1 Å². The Morgan fingerprint density at radius 3 is 2.00 bits per heavy atom. The van der Waals surface area contributed by atoms with Gasteiger partial charge in [0.15, 0.2) is 0 Å². The van der Waals surface area contributed by atoms with E-state index in [1.54, 1.807) is 0 Å². The molecule has 0 nitrogen and oxygen atoms in total. The van der Waals surface area contributed by atoms with Crippen molar-refractivity contribution in [2.75, 3.05) is 10.7 Å². The third-order valence-electron chi connectivity index (χ3n) is 2.28. The molecule has 0 amide bonds. The minimum absolute atomic E-state index is 0.466. The van der Waals surface area contributed by atoms with Crippen LogP contribution in [0.1, 0.15) is 46.0 Å². The third kappa shape index (κ3) is 5.58. The number of rotatable bonds is 7. The quantitative estimate of drug-likeness (QED) is 0.470. The largest absolute Gasteiger partial charge is 0.0922 e. The number of hydrogen-bond donors (Lipinski definition) is 0. The predicted molar refractivity (Wildman–Crippen MR) is 64.5 cm³/mol. The third-order valence-corrected chi connectivity index (χ3v) is 4.99. The Morgan fingerprint density at radius 1 is 1.00 bits per heavy atom. The zero-order valence-electron chi connectivity index (χ0n) is 8.21. The molecule has 0 radical (unpaired) electrons. The average molecular weight is 300 g/mol. The summed E-state index contributed by atoms with van der Waals surface area (Å²) in [6.45, 7) is 4.59. The molecule has 0 aromatic carbocycles. The van der Waals surface area contributed by atoms with Gasteiger partial charge in [0.1, 0.15) is 0 Å². The van der Waals surface area contributed by atoms with Crippen LogP contribution in [0.3, 0.4) is 0 Å². The second kappa shape index (κ2) is 7.37. The van der Waals surface area contributed by atoms with Crippen molar-refractivity contribution < 1.29 is 0 Å². The van der Waals surface area contributed by atoms with Crippen LogP contribution in [-0.4, -0.2) is 10.7 Å². The van der Waals surface area contributed by atoms with Crippen LogP contribution >= 0.6 is 31.9 Å². The second-order valence-electron chi connectivity index (χ2n) is 3.89. The molecule has 0 heterocycles. The van der Waals surface area contributed by atoms with E-state index in [9.17, 15) is 0 Å². The fraction of sp³-hybridized carbons (Fsp3) is 1.00. The van der Waals surface area contributed by atoms with Crippen LogP contribution in [-0.2, 0) is 0 Å². The van der Waals surface area contributed by atoms with E-state index in [0.717, 1.165) is 10.7 Å². The van der Waals surface area contributed by atoms with E-state index in [-0.39, 0.29) is 0 Å². The first kappa shape index (κ1) is 13.0. The Balaban J connectivity index is 3.45. The van der Waals surface area contributed by atoms with E-state index in [0.29, 0.717) is 5.41 Å². The lowest BCUT2D eigenvalue weighted by Gasteiger charge is -2.24. The van der Waals surface area contributed by atoms with Gasteiger partial charge in [-0.25, -0.2) is 0 Å². The van der Waals surface area contributed by atoms with Crippen LogP contribution in [0.25, 0.3) is 0 Å². The summed E-state index contributed by atoms with van der Waals surface area (Å²) in [5.74, 6) is 0. The maximum absolute atomic E-state index is 3.57. The standard InChI is InChI=1S/C10H20Br2/c1-3-4-5-6-7-10(2,8-11)9-12/h3-9H2,1-2H3. The zero-order valence-corrected chi connectivity index (χ0v) is 11.4. The van der Waals surface area contributed by atoms with Gasteiger partial charge in [0.25, 0.3) is 0 Å². The molecule has 0 aliphatic carbocycles. The first-order valence-electron chi connectivity index (χ1n) is 4.80. The zero-order chi connectivity index (χ0) is 9.45. The van der Waals surface area contributed by atoms with E-state index >= 15 is 0 Å². The lowest BCUT2D eigenvalue weighted by Crippen LogP contribution is -2.19. The first-order chi connectivity index (χ1) is 5.68. The van der Waals surface area contributed by atoms with Crippen molar-refractivity contribution in [2.24, 2.45) is 5.41 Å². The molecular formula is C10H20Br2. The molecule has 0 atom stereocenters. The highest BCUT2D eigenvalue weighted by atomic mass is 79.9. The molecule has 0 saturated carbocycles. The number of unbranched alkanes of at least 4 members (excludes halogenated alkanes) is 3. The van der Waals surface area contributed by atoms with Gasteiger partial charge in [-0.15, -0.1) is 0 Å². The minimum atomic E-state index is 0.466. The van der Waals surface area contributed by atoms with Crippen molar-refractivity contribution in [3.8, 4) is 0 Å². The van der Waals surface area contributed by atoms with Gasteiger partial charge in [-0.1, -0.05) is 71.4 Å². The van der Waals surface area contributed by atoms with Crippen LogP contribution in [0, 0.1) is 5.41 Å². The van der Waals surface area contributed by atoms with Crippen molar-refractivity contribution in [1.82, 2.24) is 0 Å². The lowest BCUT2D eigenvalue weighted by atomic mass is 9.89. The molecule has 0 bridgehead atoms. The maximum Gasteiger partial charge on any atom is 0.00933 e. The van der Waals surface area contributed by atoms with Gasteiger partial charge in [0, 0.05) is 10.7 Å². The predicted octanol–water partition coefficient (Wildman–Crippen LogP) is 4.75. The van der Waals surface area contributed by atoms with E-state index in [4.69, 9.17) is 0 Å². The fourth-order valence-corrected chi connectivity index (χ4v) is 2.64. The van der Waals surface area contributed by atoms with Crippen molar-refractivity contribution in [2.45, 2.75) is 46.0 Å². The highest BCUT2D eigenvalue weighted by Crippen LogP contribution is 2.28. The molecule has 0 aromatic rings. The van der Waals surface area contributed by atoms with Crippen molar-refractivity contribution >= 4 is 31.9 Å². The molecule has 0 N–H and O–H groups in total. The molecule has 0 saturated heterocycles. The summed E-state index contributed by atoms with van der Waals surface area (Å²) in [5.41, 5.74) is 0.466. The van der Waals surface area contributed by atoms with Crippen molar-refractivity contribution in [1.29, 1.82) is 0 Å². The molecule has 0 rings (SSSR count). The molecule has 0 aliphatic heterocycles. The molecular weight excluding hydrogens is 280 g/mol. The highest BCUT2D eigenvalue weighted by Gasteiger charge is 2.20. The van der Waals surface area contributed by atoms with E-state index < -0.39 is 0 Å². The molecule has 0 fully saturated rings. The SMILES string of the molecule is CCCCCCC(C)(CBr)CBr. The van der Waals surface area contributed by atoms with Crippen molar-refractivity contribution in [3.63, 3.8) is 0 Å². The first-order valence-corrected chi connectivity index (χ1v) is 7.05. The summed E-state index contributed by atoms with van der Waals surface area (Å²) in [6, 6.07) is 0. The van der Waals surface area contributed by atoms with Crippen LogP contribution in [0.15, 0.2) is 0 Å². The molecule has 0 unspecified atom stereocenters. The number of halogens is 2. The van der Waals surface area contributed by atoms with Gasteiger partial charge >= 0.3 is 0 Å². The summed E-state index contributed by atoms with van der Waals surface area (Å²) < 4.78 is 0. The summed E-state index contributed by atoms with van der Waals surface area (Å²) >= 11 is 7.14. The summed E-state index contributed by atoms with van der Waals surface area (Å²) in [7, 11) is 0. The van der Waals surface area contributed by atoms with Crippen LogP contribution in [0.5, 0.6) is 0 Å². The Morgan fingerprint density at radius 2 is 1.58 bits per heavy atom. The van der Waals surface area contributed by atoms with Gasteiger partial charge in [-0.2, -0.15) is 0 Å². The summed E-state index contributed by atoms with van der Waals surface area (Å²) in [6.07, 6.45) is 6.83. The van der Waals surface area contributed by atoms with Gasteiger partial charge in [0.2, 0.25) is 0 Å². The maximum atomic E-state index is 3.57. The second-order valence-corrected chi connectivity index (χ2v) is 5.01. The number of hydrogen-bond acceptors (Lipinski definition) is 0. The van der Waals surface area contributed by atoms with Gasteiger partial charge in [-0.05, 0) is 11.8 Å². The normalized spacial score (nSPS) is 12.0. The van der Waals surface area contributed by atoms with E-state index in [2.05, 4.69) is 45.7 Å². The van der Waals surface area contributed by atoms with E-state index in [1.807, 2.05) is 0 Å². The number of alkyl halides is 2. The van der Waals surface area contributed by atoms with Crippen LogP contribution in [0.4, 0.5) is 0 Å². The topological polar surface area (TPSA) is 0 Å². The molecule has 0 aliphatic rings. The molecule has 12 heavy (non-hydrogen) atoms. The van der Waals surface area contributed by atoms with Gasteiger partial charge < -0.3 is 0 Å². The Bertz CT molecular complexity index is 98.0. The monoisotopic (exact) mass is 298 g/mol. The Kier molecular flexibility index (Phi) is 7.96. The highest BCUT2D eigenvalue weighted by molar-refractivity contribution is 9.09. The minimum Gasteiger partial charge on any atom is -0.0922 e. The van der Waals surface area contributed by atoms with Crippen LogP contribution in [0.2, 0.25) is 0 Å². The summed E-state index contributed by atoms with van der Waals surface area (Å²) in [5, 5.41) is 2.22. The lowest BCUT2D eigenvalue weighted by molar-refractivity contribution is 0.380. The fourth-order valence-electron chi connectivity index (χ4n) is 1.15. The Hall–Kier alpha value is 0.960. The van der Waals surface area contributed by atoms with Crippen molar-refractivity contribution in [3.05, 3.63) is 0 Å². The molecule has 74 valence electrons. The average Bonchev–Trinajstić information content (AvgIpc) is 2.12. The Labute approximate surface area is 93.8 Å². The van der Waals surface area contributed by atoms with Gasteiger partial charge in [0.05, 0.1) is 0 Å². The summed E-state index contributed by atoms with van der Waals surface area (Å²) in [4.78, 5) is 0. The smallest absolute Gasteiger partial charge is 0.00933 e. The van der Waals surface area contributed by atoms with Gasteiger partial charge in [-0.3, -0.25) is 0 Å². The van der Waals surface area contributed by atoms with Crippen LogP contribution < -0.4 is 0 Å².